The van der Waals surface area contributed by atoms with Crippen molar-refractivity contribution in [2.24, 2.45) is 0 Å². The fourth-order valence-corrected chi connectivity index (χ4v) is 2.38. The van der Waals surface area contributed by atoms with Crippen LogP contribution in [0.2, 0.25) is 5.02 Å². The smallest absolute Gasteiger partial charge is 0.335 e. The standard InChI is InChI=1S/C15H14BrClN2O2/c1-2-3-10-6-9(15(20)21)7-14(18-10)19-11-4-5-13(17)12(16)8-11/h4-8H,2-3H2,1H3,(H,18,19)(H,20,21). The van der Waals surface area contributed by atoms with Gasteiger partial charge in [0.2, 0.25) is 0 Å². The molecule has 0 spiro atoms. The van der Waals surface area contributed by atoms with Gasteiger partial charge >= 0.3 is 5.97 Å². The molecule has 0 aliphatic rings. The van der Waals surface area contributed by atoms with Crippen LogP contribution >= 0.6 is 27.5 Å². The summed E-state index contributed by atoms with van der Waals surface area (Å²) in [5.41, 5.74) is 1.76. The number of carboxylic acid groups (broad SMARTS) is 1. The predicted molar refractivity (Wildman–Crippen MR) is 87.6 cm³/mol. The number of rotatable bonds is 5. The molecule has 1 heterocycles. The second kappa shape index (κ2) is 6.91. The second-order valence-corrected chi connectivity index (χ2v) is 5.80. The number of hydrogen-bond acceptors (Lipinski definition) is 3. The Morgan fingerprint density at radius 2 is 2.14 bits per heavy atom. The zero-order valence-corrected chi connectivity index (χ0v) is 13.7. The molecule has 1 aromatic heterocycles. The molecule has 0 fully saturated rings. The fourth-order valence-electron chi connectivity index (χ4n) is 1.88. The molecule has 0 aliphatic carbocycles. The van der Waals surface area contributed by atoms with Crippen molar-refractivity contribution in [1.82, 2.24) is 4.98 Å². The molecule has 2 rings (SSSR count). The third-order valence-electron chi connectivity index (χ3n) is 2.82. The first-order valence-corrected chi connectivity index (χ1v) is 7.63. The van der Waals surface area contributed by atoms with E-state index >= 15 is 0 Å². The molecular formula is C15H14BrClN2O2. The van der Waals surface area contributed by atoms with E-state index in [0.29, 0.717) is 10.8 Å². The Morgan fingerprint density at radius 1 is 1.38 bits per heavy atom. The van der Waals surface area contributed by atoms with Gasteiger partial charge in [0, 0.05) is 15.9 Å². The summed E-state index contributed by atoms with van der Waals surface area (Å²) < 4.78 is 0.761. The molecule has 2 aromatic rings. The molecule has 0 aliphatic heterocycles. The number of hydrogen-bond donors (Lipinski definition) is 2. The average Bonchev–Trinajstić information content (AvgIpc) is 2.43. The normalized spacial score (nSPS) is 10.4. The Bertz CT molecular complexity index is 677. The maximum absolute atomic E-state index is 11.2. The zero-order valence-electron chi connectivity index (χ0n) is 11.4. The number of benzene rings is 1. The molecule has 1 aromatic carbocycles. The van der Waals surface area contributed by atoms with Gasteiger partial charge in [0.05, 0.1) is 10.6 Å². The van der Waals surface area contributed by atoms with Crippen molar-refractivity contribution in [3.8, 4) is 0 Å². The summed E-state index contributed by atoms with van der Waals surface area (Å²) in [6.07, 6.45) is 1.64. The first-order valence-electron chi connectivity index (χ1n) is 6.46. The number of pyridine rings is 1. The van der Waals surface area contributed by atoms with Gasteiger partial charge < -0.3 is 10.4 Å². The van der Waals surface area contributed by atoms with Crippen LogP contribution in [0.4, 0.5) is 11.5 Å². The summed E-state index contributed by atoms with van der Waals surface area (Å²) in [6.45, 7) is 2.03. The molecule has 0 atom stereocenters. The maximum atomic E-state index is 11.2. The van der Waals surface area contributed by atoms with Gasteiger partial charge in [-0.2, -0.15) is 0 Å². The minimum absolute atomic E-state index is 0.226. The SMILES string of the molecule is CCCc1cc(C(=O)O)cc(Nc2ccc(Cl)c(Br)c2)n1. The zero-order chi connectivity index (χ0) is 15.4. The molecule has 0 saturated heterocycles. The highest BCUT2D eigenvalue weighted by Crippen LogP contribution is 2.27. The summed E-state index contributed by atoms with van der Waals surface area (Å²) in [5.74, 6) is -0.456. The van der Waals surface area contributed by atoms with Crippen molar-refractivity contribution in [3.05, 3.63) is 51.1 Å². The third kappa shape index (κ3) is 4.19. The van der Waals surface area contributed by atoms with Crippen molar-refractivity contribution in [3.63, 3.8) is 0 Å². The summed E-state index contributed by atoms with van der Waals surface area (Å²) in [6, 6.07) is 8.50. The Balaban J connectivity index is 2.33. The van der Waals surface area contributed by atoms with Crippen molar-refractivity contribution in [2.75, 3.05) is 5.32 Å². The number of halogens is 2. The number of anilines is 2. The number of carboxylic acids is 1. The first-order chi connectivity index (χ1) is 9.99. The summed E-state index contributed by atoms with van der Waals surface area (Å²) in [5, 5.41) is 12.9. The van der Waals surface area contributed by atoms with Crippen LogP contribution in [-0.4, -0.2) is 16.1 Å². The topological polar surface area (TPSA) is 62.2 Å². The average molecular weight is 370 g/mol. The molecular weight excluding hydrogens is 356 g/mol. The lowest BCUT2D eigenvalue weighted by Crippen LogP contribution is -2.03. The summed E-state index contributed by atoms with van der Waals surface area (Å²) >= 11 is 9.30. The monoisotopic (exact) mass is 368 g/mol. The Labute approximate surface area is 136 Å². The maximum Gasteiger partial charge on any atom is 0.335 e. The van der Waals surface area contributed by atoms with Gasteiger partial charge in [0.1, 0.15) is 5.82 Å². The van der Waals surface area contributed by atoms with E-state index in [9.17, 15) is 4.79 Å². The molecule has 0 unspecified atom stereocenters. The quantitative estimate of drug-likeness (QED) is 0.787. The molecule has 21 heavy (non-hydrogen) atoms. The Morgan fingerprint density at radius 3 is 2.76 bits per heavy atom. The van der Waals surface area contributed by atoms with E-state index in [-0.39, 0.29) is 5.56 Å². The van der Waals surface area contributed by atoms with E-state index in [0.717, 1.165) is 28.7 Å². The van der Waals surface area contributed by atoms with Crippen LogP contribution in [0.15, 0.2) is 34.8 Å². The summed E-state index contributed by atoms with van der Waals surface area (Å²) in [7, 11) is 0. The van der Waals surface area contributed by atoms with Crippen molar-refractivity contribution in [2.45, 2.75) is 19.8 Å². The molecule has 110 valence electrons. The van der Waals surface area contributed by atoms with Gasteiger partial charge in [-0.1, -0.05) is 24.9 Å². The highest BCUT2D eigenvalue weighted by molar-refractivity contribution is 9.10. The number of nitrogens with zero attached hydrogens (tertiary/aromatic N) is 1. The largest absolute Gasteiger partial charge is 0.478 e. The van der Waals surface area contributed by atoms with Crippen LogP contribution in [-0.2, 0) is 6.42 Å². The van der Waals surface area contributed by atoms with E-state index in [4.69, 9.17) is 16.7 Å². The van der Waals surface area contributed by atoms with Gasteiger partial charge in [-0.3, -0.25) is 0 Å². The van der Waals surface area contributed by atoms with Gasteiger partial charge in [-0.15, -0.1) is 0 Å². The van der Waals surface area contributed by atoms with E-state index in [1.165, 1.54) is 6.07 Å². The van der Waals surface area contributed by atoms with Crippen LogP contribution in [0.3, 0.4) is 0 Å². The molecule has 0 radical (unpaired) electrons. The molecule has 4 nitrogen and oxygen atoms in total. The number of aromatic carboxylic acids is 1. The minimum Gasteiger partial charge on any atom is -0.478 e. The Kier molecular flexibility index (Phi) is 5.20. The number of nitrogens with one attached hydrogen (secondary N) is 1. The van der Waals surface area contributed by atoms with Crippen molar-refractivity contribution in [1.29, 1.82) is 0 Å². The van der Waals surface area contributed by atoms with Crippen LogP contribution in [0, 0.1) is 0 Å². The van der Waals surface area contributed by atoms with Gasteiger partial charge in [0.25, 0.3) is 0 Å². The molecule has 0 bridgehead atoms. The van der Waals surface area contributed by atoms with Crippen molar-refractivity contribution >= 4 is 45.0 Å². The van der Waals surface area contributed by atoms with E-state index in [1.54, 1.807) is 12.1 Å². The van der Waals surface area contributed by atoms with Crippen LogP contribution in [0.1, 0.15) is 29.4 Å². The van der Waals surface area contributed by atoms with Gasteiger partial charge in [0.15, 0.2) is 0 Å². The highest BCUT2D eigenvalue weighted by Gasteiger charge is 2.09. The second-order valence-electron chi connectivity index (χ2n) is 4.54. The van der Waals surface area contributed by atoms with Crippen molar-refractivity contribution < 1.29 is 9.90 Å². The van der Waals surface area contributed by atoms with E-state index < -0.39 is 5.97 Å². The lowest BCUT2D eigenvalue weighted by atomic mass is 10.1. The Hall–Kier alpha value is -1.59. The lowest BCUT2D eigenvalue weighted by molar-refractivity contribution is 0.0696. The first kappa shape index (κ1) is 15.8. The number of aromatic nitrogens is 1. The lowest BCUT2D eigenvalue weighted by Gasteiger charge is -2.10. The molecule has 6 heteroatoms. The fraction of sp³-hybridized carbons (Fsp3) is 0.200. The van der Waals surface area contributed by atoms with E-state index in [1.807, 2.05) is 19.1 Å². The van der Waals surface area contributed by atoms with Crippen LogP contribution in [0.5, 0.6) is 0 Å². The third-order valence-corrected chi connectivity index (χ3v) is 4.04. The molecule has 0 saturated carbocycles. The van der Waals surface area contributed by atoms with Crippen LogP contribution in [0.25, 0.3) is 0 Å². The van der Waals surface area contributed by atoms with Gasteiger partial charge in [-0.05, 0) is 52.7 Å². The number of aryl methyl sites for hydroxylation is 1. The molecule has 2 N–H and O–H groups in total. The number of carbonyl (C=O) groups is 1. The van der Waals surface area contributed by atoms with E-state index in [2.05, 4.69) is 26.2 Å². The summed E-state index contributed by atoms with van der Waals surface area (Å²) in [4.78, 5) is 15.6. The highest BCUT2D eigenvalue weighted by atomic mass is 79.9. The predicted octanol–water partition coefficient (Wildman–Crippen LogP) is 4.89. The van der Waals surface area contributed by atoms with Crippen LogP contribution < -0.4 is 5.32 Å². The van der Waals surface area contributed by atoms with Gasteiger partial charge in [-0.25, -0.2) is 9.78 Å². The minimum atomic E-state index is -0.963. The molecule has 0 amide bonds.